The quantitative estimate of drug-likeness (QED) is 0.530. The van der Waals surface area contributed by atoms with Gasteiger partial charge in [0.2, 0.25) is 17.6 Å². The minimum atomic E-state index is 0.329. The molecule has 0 bridgehead atoms. The van der Waals surface area contributed by atoms with E-state index in [0.717, 1.165) is 67.2 Å². The number of amides is 1. The normalized spacial score (nSPS) is 21.9. The number of aromatic nitrogens is 6. The molecule has 158 valence electrons. The lowest BCUT2D eigenvalue weighted by Gasteiger charge is -2.34. The fraction of sp³-hybridized carbons (Fsp3) is 0.409. The maximum atomic E-state index is 12.0. The van der Waals surface area contributed by atoms with Gasteiger partial charge in [0.15, 0.2) is 0 Å². The van der Waals surface area contributed by atoms with Crippen molar-refractivity contribution in [3.8, 4) is 11.1 Å². The molecule has 2 aliphatic rings. The summed E-state index contributed by atoms with van der Waals surface area (Å²) in [6.45, 7) is 0.930. The molecule has 6 rings (SSSR count). The van der Waals surface area contributed by atoms with Crippen molar-refractivity contribution in [2.45, 2.75) is 50.6 Å². The fourth-order valence-electron chi connectivity index (χ4n) is 4.94. The molecule has 0 atom stereocenters. The van der Waals surface area contributed by atoms with Crippen LogP contribution in [0.1, 0.15) is 38.5 Å². The molecular weight excluding hydrogens is 392 g/mol. The first-order valence-corrected chi connectivity index (χ1v) is 10.9. The van der Waals surface area contributed by atoms with E-state index in [4.69, 9.17) is 4.98 Å². The van der Waals surface area contributed by atoms with Crippen LogP contribution in [-0.4, -0.2) is 58.8 Å². The van der Waals surface area contributed by atoms with Crippen molar-refractivity contribution in [3.63, 3.8) is 0 Å². The van der Waals surface area contributed by atoms with Crippen LogP contribution in [0.25, 0.3) is 27.9 Å². The number of imidazole rings is 1. The third-order valence-corrected chi connectivity index (χ3v) is 6.57. The minimum Gasteiger partial charge on any atom is -0.351 e. The first-order chi connectivity index (χ1) is 15.2. The Morgan fingerprint density at radius 1 is 1.10 bits per heavy atom. The summed E-state index contributed by atoms with van der Waals surface area (Å²) in [5, 5.41) is 4.46. The van der Waals surface area contributed by atoms with Crippen molar-refractivity contribution < 1.29 is 4.79 Å². The number of nitrogens with one attached hydrogen (secondary N) is 2. The Bertz CT molecular complexity index is 1250. The van der Waals surface area contributed by atoms with E-state index >= 15 is 0 Å². The number of likely N-dealkylation sites (tertiary alicyclic amines) is 1. The Morgan fingerprint density at radius 2 is 2.00 bits per heavy atom. The lowest BCUT2D eigenvalue weighted by Crippen LogP contribution is -2.41. The maximum Gasteiger partial charge on any atom is 0.233 e. The van der Waals surface area contributed by atoms with Crippen LogP contribution in [0.2, 0.25) is 0 Å². The van der Waals surface area contributed by atoms with Gasteiger partial charge in [-0.15, -0.1) is 0 Å². The van der Waals surface area contributed by atoms with E-state index in [1.54, 1.807) is 6.20 Å². The Balaban J connectivity index is 1.16. The van der Waals surface area contributed by atoms with Crippen LogP contribution in [0.5, 0.6) is 0 Å². The summed E-state index contributed by atoms with van der Waals surface area (Å²) in [7, 11) is 0. The van der Waals surface area contributed by atoms with Crippen LogP contribution in [0.4, 0.5) is 5.95 Å². The van der Waals surface area contributed by atoms with Gasteiger partial charge in [0, 0.05) is 78.7 Å². The summed E-state index contributed by atoms with van der Waals surface area (Å²) >= 11 is 0. The van der Waals surface area contributed by atoms with Crippen LogP contribution in [0.15, 0.2) is 37.2 Å². The number of carbonyl (C=O) groups excluding carboxylic acids is 1. The first kappa shape index (κ1) is 18.3. The van der Waals surface area contributed by atoms with Gasteiger partial charge in [-0.05, 0) is 32.1 Å². The molecule has 1 aliphatic heterocycles. The molecule has 4 aromatic rings. The van der Waals surface area contributed by atoms with E-state index in [2.05, 4.69) is 30.2 Å². The standard InChI is InChI=1S/C22H24N8O/c31-19-2-1-8-30(19)16-5-3-15(4-6-16)27-21-25-12-18-17(11-24-20(18)28-21)14-10-26-22-23-7-9-29(22)13-14/h7,9-13,15-16H,1-6,8H2,(H2,24,25,27,28)/t15-,16+. The molecule has 1 saturated heterocycles. The number of hydrogen-bond donors (Lipinski definition) is 2. The zero-order valence-electron chi connectivity index (χ0n) is 17.2. The molecule has 0 unspecified atom stereocenters. The molecule has 2 fully saturated rings. The summed E-state index contributed by atoms with van der Waals surface area (Å²) in [5.74, 6) is 1.65. The van der Waals surface area contributed by atoms with E-state index in [0.29, 0.717) is 29.7 Å². The predicted molar refractivity (Wildman–Crippen MR) is 116 cm³/mol. The maximum absolute atomic E-state index is 12.0. The van der Waals surface area contributed by atoms with E-state index in [1.165, 1.54) is 0 Å². The van der Waals surface area contributed by atoms with Crippen molar-refractivity contribution in [2.24, 2.45) is 0 Å². The number of carbonyl (C=O) groups is 1. The van der Waals surface area contributed by atoms with Crippen LogP contribution >= 0.6 is 0 Å². The van der Waals surface area contributed by atoms with E-state index in [9.17, 15) is 4.79 Å². The van der Waals surface area contributed by atoms with Gasteiger partial charge in [0.25, 0.3) is 0 Å². The number of fused-ring (bicyclic) bond motifs is 2. The van der Waals surface area contributed by atoms with Crippen molar-refractivity contribution in [2.75, 3.05) is 11.9 Å². The van der Waals surface area contributed by atoms with Crippen molar-refractivity contribution in [1.29, 1.82) is 0 Å². The summed E-state index contributed by atoms with van der Waals surface area (Å²) in [6.07, 6.45) is 17.1. The Kier molecular flexibility index (Phi) is 4.33. The topological polar surface area (TPSA) is 104 Å². The number of nitrogens with zero attached hydrogens (tertiary/aromatic N) is 6. The number of rotatable bonds is 4. The molecule has 5 heterocycles. The van der Waals surface area contributed by atoms with Gasteiger partial charge in [0.1, 0.15) is 5.65 Å². The molecule has 0 radical (unpaired) electrons. The molecule has 1 saturated carbocycles. The molecule has 9 heteroatoms. The summed E-state index contributed by atoms with van der Waals surface area (Å²) in [4.78, 5) is 35.2. The Labute approximate surface area is 178 Å². The highest BCUT2D eigenvalue weighted by Gasteiger charge is 2.31. The van der Waals surface area contributed by atoms with Crippen LogP contribution in [-0.2, 0) is 4.79 Å². The average molecular weight is 416 g/mol. The number of aromatic amines is 1. The van der Waals surface area contributed by atoms with Crippen LogP contribution < -0.4 is 5.32 Å². The number of hydrogen-bond acceptors (Lipinski definition) is 6. The van der Waals surface area contributed by atoms with Gasteiger partial charge in [0.05, 0.1) is 0 Å². The lowest BCUT2D eigenvalue weighted by atomic mass is 9.90. The van der Waals surface area contributed by atoms with Gasteiger partial charge >= 0.3 is 0 Å². The van der Waals surface area contributed by atoms with Crippen molar-refractivity contribution in [1.82, 2.24) is 34.2 Å². The highest BCUT2D eigenvalue weighted by atomic mass is 16.2. The highest BCUT2D eigenvalue weighted by molar-refractivity contribution is 5.93. The minimum absolute atomic E-state index is 0.329. The molecule has 0 aromatic carbocycles. The van der Waals surface area contributed by atoms with E-state index in [1.807, 2.05) is 35.4 Å². The van der Waals surface area contributed by atoms with Gasteiger partial charge in [-0.25, -0.2) is 15.0 Å². The molecule has 1 aliphatic carbocycles. The molecular formula is C22H24N8O. The third-order valence-electron chi connectivity index (χ3n) is 6.57. The predicted octanol–water partition coefficient (Wildman–Crippen LogP) is 3.01. The van der Waals surface area contributed by atoms with Crippen LogP contribution in [0, 0.1) is 0 Å². The van der Waals surface area contributed by atoms with Crippen molar-refractivity contribution >= 4 is 28.7 Å². The largest absolute Gasteiger partial charge is 0.351 e. The van der Waals surface area contributed by atoms with Gasteiger partial charge in [-0.3, -0.25) is 9.20 Å². The zero-order chi connectivity index (χ0) is 20.8. The third kappa shape index (κ3) is 3.30. The smallest absolute Gasteiger partial charge is 0.233 e. The fourth-order valence-corrected chi connectivity index (χ4v) is 4.94. The second-order valence-electron chi connectivity index (χ2n) is 8.48. The summed E-state index contributed by atoms with van der Waals surface area (Å²) in [6, 6.07) is 0.748. The SMILES string of the molecule is O=C1CCCN1[C@H]1CC[C@@H](Nc2ncc3c(-c4cnc5nccn5c4)c[nH]c3n2)CC1. The molecule has 9 nitrogen and oxygen atoms in total. The molecule has 2 N–H and O–H groups in total. The van der Waals surface area contributed by atoms with Gasteiger partial charge < -0.3 is 15.2 Å². The number of H-pyrrole nitrogens is 1. The molecule has 1 amide bonds. The zero-order valence-corrected chi connectivity index (χ0v) is 17.2. The monoisotopic (exact) mass is 416 g/mol. The lowest BCUT2D eigenvalue weighted by molar-refractivity contribution is -0.130. The Hall–Kier alpha value is -3.49. The molecule has 31 heavy (non-hydrogen) atoms. The van der Waals surface area contributed by atoms with Crippen LogP contribution in [0.3, 0.4) is 0 Å². The first-order valence-electron chi connectivity index (χ1n) is 10.9. The van der Waals surface area contributed by atoms with E-state index < -0.39 is 0 Å². The van der Waals surface area contributed by atoms with Crippen molar-refractivity contribution in [3.05, 3.63) is 37.2 Å². The van der Waals surface area contributed by atoms with Gasteiger partial charge in [-0.2, -0.15) is 4.98 Å². The molecule has 4 aromatic heterocycles. The van der Waals surface area contributed by atoms with E-state index in [-0.39, 0.29) is 0 Å². The number of anilines is 1. The highest BCUT2D eigenvalue weighted by Crippen LogP contribution is 2.30. The summed E-state index contributed by atoms with van der Waals surface area (Å²) in [5.41, 5.74) is 2.80. The van der Waals surface area contributed by atoms with Gasteiger partial charge in [-0.1, -0.05) is 0 Å². The second kappa shape index (κ2) is 7.33. The Morgan fingerprint density at radius 3 is 2.84 bits per heavy atom. The average Bonchev–Trinajstić information content (AvgIpc) is 3.53. The molecule has 0 spiro atoms. The summed E-state index contributed by atoms with van der Waals surface area (Å²) < 4.78 is 1.90. The second-order valence-corrected chi connectivity index (χ2v) is 8.48.